The molecule has 1 aliphatic carbocycles. The molecular weight excluding hydrogens is 411 g/mol. The predicted octanol–water partition coefficient (Wildman–Crippen LogP) is 3.85. The van der Waals surface area contributed by atoms with Crippen LogP contribution in [0.1, 0.15) is 51.4 Å². The van der Waals surface area contributed by atoms with Crippen LogP contribution in [0, 0.1) is 11.7 Å². The molecule has 0 N–H and O–H groups in total. The molecule has 2 saturated heterocycles. The van der Waals surface area contributed by atoms with Crippen LogP contribution >= 0.6 is 11.8 Å². The second-order valence-electron chi connectivity index (χ2n) is 8.39. The highest BCUT2D eigenvalue weighted by Gasteiger charge is 2.47. The van der Waals surface area contributed by atoms with E-state index in [0.29, 0.717) is 38.3 Å². The van der Waals surface area contributed by atoms with Gasteiger partial charge in [-0.05, 0) is 49.4 Å². The first-order valence-electron chi connectivity index (χ1n) is 10.6. The zero-order valence-electron chi connectivity index (χ0n) is 16.7. The predicted molar refractivity (Wildman–Crippen MR) is 112 cm³/mol. The van der Waals surface area contributed by atoms with Gasteiger partial charge in [-0.1, -0.05) is 25.7 Å². The van der Waals surface area contributed by atoms with E-state index >= 15 is 0 Å². The van der Waals surface area contributed by atoms with Gasteiger partial charge < -0.3 is 4.90 Å². The van der Waals surface area contributed by atoms with E-state index in [2.05, 4.69) is 0 Å². The zero-order valence-corrected chi connectivity index (χ0v) is 18.3. The topological polar surface area (TPSA) is 57.7 Å². The summed E-state index contributed by atoms with van der Waals surface area (Å²) >= 11 is 1.80. The van der Waals surface area contributed by atoms with Gasteiger partial charge in [-0.3, -0.25) is 4.79 Å². The average Bonchev–Trinajstić information content (AvgIpc) is 3.37. The molecule has 0 unspecified atom stereocenters. The van der Waals surface area contributed by atoms with E-state index in [1.54, 1.807) is 11.8 Å². The standard InChI is InChI=1S/C21H29FN2O3S2/c22-18-6-8-19(9-7-18)29(26,27)23-13-11-21(12-14-23)24(15-16-28-21)20(25)10-5-17-3-1-2-4-17/h6-9,17H,1-5,10-16H2. The van der Waals surface area contributed by atoms with Crippen molar-refractivity contribution >= 4 is 27.7 Å². The van der Waals surface area contributed by atoms with E-state index in [1.807, 2.05) is 4.90 Å². The molecule has 3 aliphatic rings. The van der Waals surface area contributed by atoms with Crippen LogP contribution in [0.5, 0.6) is 0 Å². The molecule has 0 atom stereocenters. The van der Waals surface area contributed by atoms with E-state index in [1.165, 1.54) is 54.3 Å². The molecule has 1 aromatic rings. The number of hydrogen-bond acceptors (Lipinski definition) is 4. The van der Waals surface area contributed by atoms with Gasteiger partial charge in [-0.15, -0.1) is 11.8 Å². The molecule has 0 radical (unpaired) electrons. The van der Waals surface area contributed by atoms with Crippen molar-refractivity contribution in [3.05, 3.63) is 30.1 Å². The summed E-state index contributed by atoms with van der Waals surface area (Å²) in [7, 11) is -3.63. The Balaban J connectivity index is 1.39. The lowest BCUT2D eigenvalue weighted by Gasteiger charge is -2.43. The number of piperidine rings is 1. The normalized spacial score (nSPS) is 23.1. The van der Waals surface area contributed by atoms with E-state index in [4.69, 9.17) is 0 Å². The number of carbonyl (C=O) groups excluding carboxylic acids is 1. The maximum atomic E-state index is 13.1. The van der Waals surface area contributed by atoms with Gasteiger partial charge in [0.25, 0.3) is 0 Å². The van der Waals surface area contributed by atoms with Crippen LogP contribution in [0.2, 0.25) is 0 Å². The molecular formula is C21H29FN2O3S2. The molecule has 0 aromatic heterocycles. The van der Waals surface area contributed by atoms with Gasteiger partial charge in [-0.2, -0.15) is 4.31 Å². The Hall–Kier alpha value is -1.12. The highest BCUT2D eigenvalue weighted by Crippen LogP contribution is 2.45. The lowest BCUT2D eigenvalue weighted by atomic mass is 9.99. The van der Waals surface area contributed by atoms with E-state index in [-0.39, 0.29) is 15.7 Å². The van der Waals surface area contributed by atoms with Crippen LogP contribution in [-0.2, 0) is 14.8 Å². The van der Waals surface area contributed by atoms with Crippen molar-refractivity contribution in [3.63, 3.8) is 0 Å². The van der Waals surface area contributed by atoms with Crippen LogP contribution in [0.4, 0.5) is 4.39 Å². The molecule has 1 aromatic carbocycles. The number of thioether (sulfide) groups is 1. The van der Waals surface area contributed by atoms with Crippen molar-refractivity contribution in [2.75, 3.05) is 25.4 Å². The number of sulfonamides is 1. The van der Waals surface area contributed by atoms with Crippen molar-refractivity contribution in [3.8, 4) is 0 Å². The molecule has 29 heavy (non-hydrogen) atoms. The monoisotopic (exact) mass is 440 g/mol. The fourth-order valence-electron chi connectivity index (χ4n) is 4.97. The van der Waals surface area contributed by atoms with Crippen LogP contribution in [0.25, 0.3) is 0 Å². The van der Waals surface area contributed by atoms with Crippen LogP contribution in [-0.4, -0.2) is 53.8 Å². The third-order valence-corrected chi connectivity index (χ3v) is 10.1. The Bertz CT molecular complexity index is 830. The zero-order chi connectivity index (χ0) is 20.5. The van der Waals surface area contributed by atoms with Crippen molar-refractivity contribution < 1.29 is 17.6 Å². The average molecular weight is 441 g/mol. The summed E-state index contributed by atoms with van der Waals surface area (Å²) in [6.07, 6.45) is 7.99. The maximum absolute atomic E-state index is 13.1. The van der Waals surface area contributed by atoms with Gasteiger partial charge in [-0.25, -0.2) is 12.8 Å². The Kier molecular flexibility index (Phi) is 6.23. The van der Waals surface area contributed by atoms with Crippen molar-refractivity contribution in [1.82, 2.24) is 9.21 Å². The number of halogens is 1. The molecule has 5 nitrogen and oxygen atoms in total. The van der Waals surface area contributed by atoms with Gasteiger partial charge in [0.15, 0.2) is 0 Å². The van der Waals surface area contributed by atoms with Crippen molar-refractivity contribution in [2.24, 2.45) is 5.92 Å². The van der Waals surface area contributed by atoms with Gasteiger partial charge in [0.2, 0.25) is 15.9 Å². The maximum Gasteiger partial charge on any atom is 0.243 e. The smallest absolute Gasteiger partial charge is 0.243 e. The Morgan fingerprint density at radius 2 is 1.76 bits per heavy atom. The van der Waals surface area contributed by atoms with E-state index in [9.17, 15) is 17.6 Å². The molecule has 1 spiro atoms. The minimum Gasteiger partial charge on any atom is -0.327 e. The Labute approximate surface area is 177 Å². The Morgan fingerprint density at radius 3 is 2.41 bits per heavy atom. The summed E-state index contributed by atoms with van der Waals surface area (Å²) in [5.41, 5.74) is 0. The molecule has 2 heterocycles. The minimum absolute atomic E-state index is 0.124. The second kappa shape index (κ2) is 8.55. The minimum atomic E-state index is -3.63. The van der Waals surface area contributed by atoms with E-state index < -0.39 is 15.8 Å². The quantitative estimate of drug-likeness (QED) is 0.698. The number of benzene rings is 1. The van der Waals surface area contributed by atoms with E-state index in [0.717, 1.165) is 18.7 Å². The first-order valence-corrected chi connectivity index (χ1v) is 13.0. The third-order valence-electron chi connectivity index (χ3n) is 6.67. The summed E-state index contributed by atoms with van der Waals surface area (Å²) in [6, 6.07) is 4.99. The van der Waals surface area contributed by atoms with Gasteiger partial charge in [0.05, 0.1) is 9.77 Å². The van der Waals surface area contributed by atoms with Gasteiger partial charge in [0, 0.05) is 31.8 Å². The summed E-state index contributed by atoms with van der Waals surface area (Å²) in [5.74, 6) is 1.40. The number of amides is 1. The SMILES string of the molecule is O=C(CCC1CCCC1)N1CCSC12CCN(S(=O)(=O)c1ccc(F)cc1)CC2. The summed E-state index contributed by atoms with van der Waals surface area (Å²) < 4.78 is 40.4. The summed E-state index contributed by atoms with van der Waals surface area (Å²) in [4.78, 5) is 14.8. The number of nitrogens with zero attached hydrogens (tertiary/aromatic N) is 2. The lowest BCUT2D eigenvalue weighted by Crippen LogP contribution is -2.53. The molecule has 1 saturated carbocycles. The summed E-state index contributed by atoms with van der Waals surface area (Å²) in [6.45, 7) is 1.54. The molecule has 3 fully saturated rings. The number of carbonyl (C=O) groups is 1. The van der Waals surface area contributed by atoms with Gasteiger partial charge >= 0.3 is 0 Å². The molecule has 4 rings (SSSR count). The highest BCUT2D eigenvalue weighted by molar-refractivity contribution is 8.00. The second-order valence-corrected chi connectivity index (χ2v) is 11.8. The van der Waals surface area contributed by atoms with Crippen molar-refractivity contribution in [1.29, 1.82) is 0 Å². The Morgan fingerprint density at radius 1 is 1.10 bits per heavy atom. The molecule has 0 bridgehead atoms. The fraction of sp³-hybridized carbons (Fsp3) is 0.667. The highest BCUT2D eigenvalue weighted by atomic mass is 32.2. The van der Waals surface area contributed by atoms with Crippen molar-refractivity contribution in [2.45, 2.75) is 61.1 Å². The lowest BCUT2D eigenvalue weighted by molar-refractivity contribution is -0.134. The number of rotatable bonds is 5. The molecule has 1 amide bonds. The van der Waals surface area contributed by atoms with Crippen LogP contribution < -0.4 is 0 Å². The third kappa shape index (κ3) is 4.35. The summed E-state index contributed by atoms with van der Waals surface area (Å²) in [5, 5.41) is 0. The fourth-order valence-corrected chi connectivity index (χ4v) is 7.88. The first kappa shape index (κ1) is 21.1. The molecule has 8 heteroatoms. The largest absolute Gasteiger partial charge is 0.327 e. The number of hydrogen-bond donors (Lipinski definition) is 0. The van der Waals surface area contributed by atoms with Crippen LogP contribution in [0.15, 0.2) is 29.2 Å². The van der Waals surface area contributed by atoms with Gasteiger partial charge in [0.1, 0.15) is 5.82 Å². The molecule has 2 aliphatic heterocycles. The van der Waals surface area contributed by atoms with Crippen LogP contribution in [0.3, 0.4) is 0 Å². The molecule has 160 valence electrons. The first-order chi connectivity index (χ1) is 13.9.